The number of hydrogen-bond donors (Lipinski definition) is 2. The number of nitrogens with one attached hydrogen (secondary N) is 1. The Morgan fingerprint density at radius 3 is 2.93 bits per heavy atom. The average Bonchev–Trinajstić information content (AvgIpc) is 2.63. The Morgan fingerprint density at radius 2 is 2.29 bits per heavy atom. The summed E-state index contributed by atoms with van der Waals surface area (Å²) in [5.41, 5.74) is 1.16. The molecule has 2 N–H and O–H groups in total. The van der Waals surface area contributed by atoms with Crippen molar-refractivity contribution in [2.75, 3.05) is 11.9 Å². The fourth-order valence-corrected chi connectivity index (χ4v) is 1.79. The topological polar surface area (TPSA) is 49.3 Å². The Kier molecular flexibility index (Phi) is 5.07. The summed E-state index contributed by atoms with van der Waals surface area (Å²) in [5, 5.41) is 15.8. The largest absolute Gasteiger partial charge is 0.481 e. The van der Waals surface area contributed by atoms with Crippen molar-refractivity contribution in [2.24, 2.45) is 0 Å². The Balaban J connectivity index is 1.92. The number of carboxylic acid groups (broad SMARTS) is 1. The molecule has 0 atom stereocenters. The van der Waals surface area contributed by atoms with Crippen molar-refractivity contribution >= 4 is 23.0 Å². The smallest absolute Gasteiger partial charge is 0.303 e. The van der Waals surface area contributed by atoms with E-state index in [9.17, 15) is 4.79 Å². The zero-order valence-corrected chi connectivity index (χ0v) is 8.85. The van der Waals surface area contributed by atoms with Crippen LogP contribution in [0.4, 0.5) is 5.69 Å². The standard InChI is InChI=1S/C10H15NO2S/c12-10(13)4-2-1-3-6-11-9-5-7-14-8-9/h5,7-8,11H,1-4,6H2,(H,12,13). The number of unbranched alkanes of at least 4 members (excludes halogenated alkanes) is 2. The number of aliphatic carboxylic acids is 1. The zero-order valence-electron chi connectivity index (χ0n) is 8.03. The Labute approximate surface area is 87.8 Å². The minimum atomic E-state index is -0.698. The van der Waals surface area contributed by atoms with Crippen molar-refractivity contribution in [3.8, 4) is 0 Å². The van der Waals surface area contributed by atoms with Crippen LogP contribution in [-0.4, -0.2) is 17.6 Å². The molecule has 0 aliphatic heterocycles. The molecule has 0 fully saturated rings. The molecule has 78 valence electrons. The molecule has 0 aromatic carbocycles. The van der Waals surface area contributed by atoms with E-state index in [4.69, 9.17) is 5.11 Å². The second-order valence-corrected chi connectivity index (χ2v) is 3.92. The first-order chi connectivity index (χ1) is 6.79. The van der Waals surface area contributed by atoms with Crippen molar-refractivity contribution in [1.29, 1.82) is 0 Å². The lowest BCUT2D eigenvalue weighted by Gasteiger charge is -2.02. The normalized spacial score (nSPS) is 10.0. The molecule has 1 heterocycles. The Morgan fingerprint density at radius 1 is 1.43 bits per heavy atom. The van der Waals surface area contributed by atoms with Gasteiger partial charge in [0.2, 0.25) is 0 Å². The third kappa shape index (κ3) is 4.87. The van der Waals surface area contributed by atoms with Gasteiger partial charge in [-0.05, 0) is 24.3 Å². The number of rotatable bonds is 7. The van der Waals surface area contributed by atoms with Gasteiger partial charge in [-0.25, -0.2) is 0 Å². The van der Waals surface area contributed by atoms with Crippen molar-refractivity contribution in [1.82, 2.24) is 0 Å². The molecule has 0 saturated carbocycles. The lowest BCUT2D eigenvalue weighted by Crippen LogP contribution is -2.01. The zero-order chi connectivity index (χ0) is 10.2. The highest BCUT2D eigenvalue weighted by atomic mass is 32.1. The van der Waals surface area contributed by atoms with Crippen LogP contribution in [0.15, 0.2) is 16.8 Å². The summed E-state index contributed by atoms with van der Waals surface area (Å²) in [4.78, 5) is 10.2. The molecule has 0 bridgehead atoms. The highest BCUT2D eigenvalue weighted by Crippen LogP contribution is 2.11. The van der Waals surface area contributed by atoms with E-state index in [1.165, 1.54) is 0 Å². The molecule has 0 aliphatic rings. The third-order valence-corrected chi connectivity index (χ3v) is 2.60. The maximum atomic E-state index is 10.2. The van der Waals surface area contributed by atoms with Crippen molar-refractivity contribution in [2.45, 2.75) is 25.7 Å². The second kappa shape index (κ2) is 6.43. The van der Waals surface area contributed by atoms with E-state index < -0.39 is 5.97 Å². The van der Waals surface area contributed by atoms with Gasteiger partial charge >= 0.3 is 5.97 Å². The first-order valence-electron chi connectivity index (χ1n) is 4.77. The fourth-order valence-electron chi connectivity index (χ4n) is 1.18. The van der Waals surface area contributed by atoms with E-state index in [-0.39, 0.29) is 0 Å². The Hall–Kier alpha value is -1.03. The second-order valence-electron chi connectivity index (χ2n) is 3.14. The fraction of sp³-hybridized carbons (Fsp3) is 0.500. The highest BCUT2D eigenvalue weighted by Gasteiger charge is 1.96. The molecule has 1 aromatic rings. The summed E-state index contributed by atoms with van der Waals surface area (Å²) in [6, 6.07) is 2.04. The minimum Gasteiger partial charge on any atom is -0.481 e. The van der Waals surface area contributed by atoms with E-state index >= 15 is 0 Å². The number of carbonyl (C=O) groups is 1. The van der Waals surface area contributed by atoms with Gasteiger partial charge in [-0.2, -0.15) is 11.3 Å². The maximum absolute atomic E-state index is 10.2. The van der Waals surface area contributed by atoms with Crippen molar-refractivity contribution in [3.05, 3.63) is 16.8 Å². The summed E-state index contributed by atoms with van der Waals surface area (Å²) in [6.07, 6.45) is 3.08. The van der Waals surface area contributed by atoms with Crippen LogP contribution in [0, 0.1) is 0 Å². The summed E-state index contributed by atoms with van der Waals surface area (Å²) in [5.74, 6) is -0.698. The summed E-state index contributed by atoms with van der Waals surface area (Å²) in [7, 11) is 0. The first-order valence-corrected chi connectivity index (χ1v) is 5.71. The molecule has 0 unspecified atom stereocenters. The van der Waals surface area contributed by atoms with Gasteiger partial charge in [-0.1, -0.05) is 6.42 Å². The lowest BCUT2D eigenvalue weighted by molar-refractivity contribution is -0.137. The molecule has 0 saturated heterocycles. The summed E-state index contributed by atoms with van der Waals surface area (Å²) < 4.78 is 0. The molecule has 0 spiro atoms. The predicted molar refractivity (Wildman–Crippen MR) is 58.9 cm³/mol. The third-order valence-electron chi connectivity index (χ3n) is 1.92. The van der Waals surface area contributed by atoms with E-state index in [1.54, 1.807) is 11.3 Å². The molecule has 1 rings (SSSR count). The minimum absolute atomic E-state index is 0.290. The monoisotopic (exact) mass is 213 g/mol. The molecular weight excluding hydrogens is 198 g/mol. The molecule has 0 aliphatic carbocycles. The summed E-state index contributed by atoms with van der Waals surface area (Å²) in [6.45, 7) is 0.927. The molecule has 0 amide bonds. The van der Waals surface area contributed by atoms with Gasteiger partial charge in [0.1, 0.15) is 0 Å². The van der Waals surface area contributed by atoms with Crippen LogP contribution in [0.1, 0.15) is 25.7 Å². The van der Waals surface area contributed by atoms with Crippen molar-refractivity contribution in [3.63, 3.8) is 0 Å². The van der Waals surface area contributed by atoms with Crippen LogP contribution < -0.4 is 5.32 Å². The highest BCUT2D eigenvalue weighted by molar-refractivity contribution is 7.08. The number of anilines is 1. The molecule has 3 nitrogen and oxygen atoms in total. The van der Waals surface area contributed by atoms with Gasteiger partial charge < -0.3 is 10.4 Å². The van der Waals surface area contributed by atoms with Crippen LogP contribution in [-0.2, 0) is 4.79 Å². The summed E-state index contributed by atoms with van der Waals surface area (Å²) >= 11 is 1.67. The van der Waals surface area contributed by atoms with Crippen LogP contribution in [0.25, 0.3) is 0 Å². The first kappa shape index (κ1) is 11.0. The van der Waals surface area contributed by atoms with Crippen molar-refractivity contribution < 1.29 is 9.90 Å². The van der Waals surface area contributed by atoms with Gasteiger partial charge in [0, 0.05) is 24.0 Å². The van der Waals surface area contributed by atoms with E-state index in [2.05, 4.69) is 10.7 Å². The molecule has 14 heavy (non-hydrogen) atoms. The molecule has 1 aromatic heterocycles. The van der Waals surface area contributed by atoms with Crippen LogP contribution >= 0.6 is 11.3 Å². The van der Waals surface area contributed by atoms with Gasteiger partial charge in [0.15, 0.2) is 0 Å². The van der Waals surface area contributed by atoms with Crippen LogP contribution in [0.5, 0.6) is 0 Å². The van der Waals surface area contributed by atoms with E-state index in [0.29, 0.717) is 6.42 Å². The van der Waals surface area contributed by atoms with Gasteiger partial charge in [-0.3, -0.25) is 4.79 Å². The van der Waals surface area contributed by atoms with Gasteiger partial charge in [0.25, 0.3) is 0 Å². The SMILES string of the molecule is O=C(O)CCCCCNc1ccsc1. The van der Waals surface area contributed by atoms with E-state index in [1.807, 2.05) is 11.4 Å². The molecule has 4 heteroatoms. The molecule has 0 radical (unpaired) electrons. The Bertz CT molecular complexity index is 259. The van der Waals surface area contributed by atoms with Gasteiger partial charge in [-0.15, -0.1) is 0 Å². The average molecular weight is 213 g/mol. The van der Waals surface area contributed by atoms with E-state index in [0.717, 1.165) is 31.5 Å². The molecular formula is C10H15NO2S. The predicted octanol–water partition coefficient (Wildman–Crippen LogP) is 2.81. The van der Waals surface area contributed by atoms with Crippen LogP contribution in [0.2, 0.25) is 0 Å². The number of thiophene rings is 1. The maximum Gasteiger partial charge on any atom is 0.303 e. The van der Waals surface area contributed by atoms with Crippen LogP contribution in [0.3, 0.4) is 0 Å². The number of carboxylic acids is 1. The number of hydrogen-bond acceptors (Lipinski definition) is 3. The van der Waals surface area contributed by atoms with Gasteiger partial charge in [0.05, 0.1) is 0 Å². The lowest BCUT2D eigenvalue weighted by atomic mass is 10.2. The quantitative estimate of drug-likeness (QED) is 0.685.